The summed E-state index contributed by atoms with van der Waals surface area (Å²) in [6, 6.07) is 18.6. The Morgan fingerprint density at radius 2 is 1.78 bits per heavy atom. The van der Waals surface area contributed by atoms with Crippen molar-refractivity contribution in [3.05, 3.63) is 66.2 Å². The molecule has 27 heavy (non-hydrogen) atoms. The quantitative estimate of drug-likeness (QED) is 0.687. The van der Waals surface area contributed by atoms with Crippen LogP contribution in [0.25, 0.3) is 0 Å². The third kappa shape index (κ3) is 6.41. The Morgan fingerprint density at radius 1 is 1.07 bits per heavy atom. The molecule has 3 N–H and O–H groups in total. The first-order valence-corrected chi connectivity index (χ1v) is 10.4. The fourth-order valence-corrected chi connectivity index (χ4v) is 3.99. The van der Waals surface area contributed by atoms with Crippen LogP contribution in [0.2, 0.25) is 0 Å². The number of amides is 2. The van der Waals surface area contributed by atoms with Crippen molar-refractivity contribution < 1.29 is 9.59 Å². The van der Waals surface area contributed by atoms with Crippen LogP contribution in [0.3, 0.4) is 0 Å². The maximum atomic E-state index is 12.8. The van der Waals surface area contributed by atoms with Crippen LogP contribution in [0.1, 0.15) is 12.0 Å². The first kappa shape index (κ1) is 19.5. The van der Waals surface area contributed by atoms with Gasteiger partial charge in [0, 0.05) is 42.6 Å². The minimum absolute atomic E-state index is 0.0980. The van der Waals surface area contributed by atoms with E-state index in [4.69, 9.17) is 0 Å². The molecular formula is C21H25N3O2S. The van der Waals surface area contributed by atoms with Gasteiger partial charge in [0.25, 0.3) is 0 Å². The Kier molecular flexibility index (Phi) is 7.30. The normalized spacial score (nSPS) is 17.7. The number of thioether (sulfide) groups is 1. The zero-order valence-corrected chi connectivity index (χ0v) is 16.0. The molecule has 1 fully saturated rings. The van der Waals surface area contributed by atoms with E-state index in [1.165, 1.54) is 0 Å². The lowest BCUT2D eigenvalue weighted by molar-refractivity contribution is -0.126. The number of hydrogen-bond acceptors (Lipinski definition) is 4. The molecule has 2 aromatic rings. The van der Waals surface area contributed by atoms with E-state index in [-0.39, 0.29) is 17.9 Å². The van der Waals surface area contributed by atoms with E-state index in [1.54, 1.807) is 0 Å². The van der Waals surface area contributed by atoms with Gasteiger partial charge in [0.05, 0.1) is 0 Å². The van der Waals surface area contributed by atoms with Gasteiger partial charge in [0.1, 0.15) is 6.04 Å². The second-order valence-corrected chi connectivity index (χ2v) is 7.75. The highest BCUT2D eigenvalue weighted by molar-refractivity contribution is 7.99. The standard InChI is InChI=1S/C21H25N3O2S/c25-20(14-18-15-27-12-11-22-18)24-19(13-16-7-3-1-4-8-16)21(26)23-17-9-5-2-6-10-17/h1-10,18-19,22H,11-15H2,(H,23,26)(H,24,25). The number of benzene rings is 2. The van der Waals surface area contributed by atoms with Gasteiger partial charge in [-0.3, -0.25) is 9.59 Å². The molecular weight excluding hydrogens is 358 g/mol. The van der Waals surface area contributed by atoms with Crippen LogP contribution in [-0.4, -0.2) is 41.9 Å². The van der Waals surface area contributed by atoms with Crippen molar-refractivity contribution in [1.82, 2.24) is 10.6 Å². The summed E-state index contributed by atoms with van der Waals surface area (Å²) in [4.78, 5) is 25.3. The minimum atomic E-state index is -0.614. The smallest absolute Gasteiger partial charge is 0.247 e. The maximum absolute atomic E-state index is 12.8. The molecule has 0 spiro atoms. The average Bonchev–Trinajstić information content (AvgIpc) is 2.70. The van der Waals surface area contributed by atoms with Crippen LogP contribution in [-0.2, 0) is 16.0 Å². The van der Waals surface area contributed by atoms with E-state index >= 15 is 0 Å². The van der Waals surface area contributed by atoms with E-state index < -0.39 is 6.04 Å². The Bertz CT molecular complexity index is 734. The molecule has 0 aliphatic carbocycles. The summed E-state index contributed by atoms with van der Waals surface area (Å²) >= 11 is 1.85. The number of carbonyl (C=O) groups excluding carboxylic acids is 2. The lowest BCUT2D eigenvalue weighted by atomic mass is 10.0. The van der Waals surface area contributed by atoms with Crippen LogP contribution in [0.4, 0.5) is 5.69 Å². The molecule has 0 saturated carbocycles. The third-order valence-corrected chi connectivity index (χ3v) is 5.54. The SMILES string of the molecule is O=C(CC1CSCCN1)NC(Cc1ccccc1)C(=O)Nc1ccccc1. The van der Waals surface area contributed by atoms with Gasteiger partial charge in [-0.05, 0) is 17.7 Å². The minimum Gasteiger partial charge on any atom is -0.344 e. The van der Waals surface area contributed by atoms with Crippen molar-refractivity contribution in [3.8, 4) is 0 Å². The summed E-state index contributed by atoms with van der Waals surface area (Å²) in [6.07, 6.45) is 0.842. The number of nitrogens with one attached hydrogen (secondary N) is 3. The summed E-state index contributed by atoms with van der Waals surface area (Å²) < 4.78 is 0. The van der Waals surface area contributed by atoms with Crippen LogP contribution in [0, 0.1) is 0 Å². The molecule has 6 heteroatoms. The van der Waals surface area contributed by atoms with Crippen LogP contribution in [0.15, 0.2) is 60.7 Å². The van der Waals surface area contributed by atoms with E-state index in [0.29, 0.717) is 12.8 Å². The number of rotatable bonds is 7. The molecule has 1 saturated heterocycles. The highest BCUT2D eigenvalue weighted by atomic mass is 32.2. The van der Waals surface area contributed by atoms with E-state index in [2.05, 4.69) is 16.0 Å². The lowest BCUT2D eigenvalue weighted by Crippen LogP contribution is -2.48. The summed E-state index contributed by atoms with van der Waals surface area (Å²) in [6.45, 7) is 0.921. The Labute approximate surface area is 164 Å². The van der Waals surface area contributed by atoms with E-state index in [9.17, 15) is 9.59 Å². The highest BCUT2D eigenvalue weighted by Crippen LogP contribution is 2.12. The topological polar surface area (TPSA) is 70.2 Å². The Hall–Kier alpha value is -2.31. The molecule has 1 heterocycles. The summed E-state index contributed by atoms with van der Waals surface area (Å²) in [5.41, 5.74) is 1.73. The predicted octanol–water partition coefficient (Wildman–Crippen LogP) is 2.45. The number of anilines is 1. The molecule has 0 aromatic heterocycles. The zero-order valence-electron chi connectivity index (χ0n) is 15.2. The van der Waals surface area contributed by atoms with Crippen molar-refractivity contribution in [2.75, 3.05) is 23.4 Å². The van der Waals surface area contributed by atoms with Gasteiger partial charge in [-0.15, -0.1) is 0 Å². The molecule has 5 nitrogen and oxygen atoms in total. The predicted molar refractivity (Wildman–Crippen MR) is 111 cm³/mol. The fraction of sp³-hybridized carbons (Fsp3) is 0.333. The molecule has 142 valence electrons. The molecule has 2 amide bonds. The van der Waals surface area contributed by atoms with Gasteiger partial charge in [0.2, 0.25) is 11.8 Å². The van der Waals surface area contributed by atoms with Gasteiger partial charge in [-0.25, -0.2) is 0 Å². The second-order valence-electron chi connectivity index (χ2n) is 6.60. The zero-order chi connectivity index (χ0) is 18.9. The maximum Gasteiger partial charge on any atom is 0.247 e. The van der Waals surface area contributed by atoms with Gasteiger partial charge >= 0.3 is 0 Å². The molecule has 1 aliphatic heterocycles. The van der Waals surface area contributed by atoms with Crippen molar-refractivity contribution in [2.24, 2.45) is 0 Å². The highest BCUT2D eigenvalue weighted by Gasteiger charge is 2.24. The summed E-state index contributed by atoms with van der Waals surface area (Å²) in [5.74, 6) is 1.70. The molecule has 0 bridgehead atoms. The largest absolute Gasteiger partial charge is 0.344 e. The van der Waals surface area contributed by atoms with Gasteiger partial charge in [-0.1, -0.05) is 48.5 Å². The molecule has 1 aliphatic rings. The molecule has 2 unspecified atom stereocenters. The van der Waals surface area contributed by atoms with Crippen LogP contribution >= 0.6 is 11.8 Å². The summed E-state index contributed by atoms with van der Waals surface area (Å²) in [7, 11) is 0. The molecule has 2 atom stereocenters. The molecule has 2 aromatic carbocycles. The first-order chi connectivity index (χ1) is 13.2. The van der Waals surface area contributed by atoms with Crippen molar-refractivity contribution in [3.63, 3.8) is 0 Å². The van der Waals surface area contributed by atoms with E-state index in [1.807, 2.05) is 72.4 Å². The lowest BCUT2D eigenvalue weighted by Gasteiger charge is -2.24. The van der Waals surface area contributed by atoms with E-state index in [0.717, 1.165) is 29.3 Å². The van der Waals surface area contributed by atoms with Crippen molar-refractivity contribution >= 4 is 29.3 Å². The first-order valence-electron chi connectivity index (χ1n) is 9.21. The number of carbonyl (C=O) groups is 2. The van der Waals surface area contributed by atoms with Gasteiger partial charge in [0.15, 0.2) is 0 Å². The van der Waals surface area contributed by atoms with Gasteiger partial charge in [-0.2, -0.15) is 11.8 Å². The van der Waals surface area contributed by atoms with Crippen LogP contribution in [0.5, 0.6) is 0 Å². The Balaban J connectivity index is 1.64. The fourth-order valence-electron chi connectivity index (χ4n) is 3.04. The monoisotopic (exact) mass is 383 g/mol. The summed E-state index contributed by atoms with van der Waals surface area (Å²) in [5, 5.41) is 9.19. The average molecular weight is 384 g/mol. The van der Waals surface area contributed by atoms with Crippen molar-refractivity contribution in [1.29, 1.82) is 0 Å². The molecule has 3 rings (SSSR count). The second kappa shape index (κ2) is 10.1. The number of hydrogen-bond donors (Lipinski definition) is 3. The van der Waals surface area contributed by atoms with Crippen LogP contribution < -0.4 is 16.0 Å². The number of para-hydroxylation sites is 1. The van der Waals surface area contributed by atoms with Crippen molar-refractivity contribution in [2.45, 2.75) is 24.9 Å². The molecule has 0 radical (unpaired) electrons. The Morgan fingerprint density at radius 3 is 2.44 bits per heavy atom. The van der Waals surface area contributed by atoms with Gasteiger partial charge < -0.3 is 16.0 Å². The third-order valence-electron chi connectivity index (χ3n) is 4.41.